The van der Waals surface area contributed by atoms with Gasteiger partial charge in [-0.05, 0) is 34.5 Å². The van der Waals surface area contributed by atoms with E-state index in [0.717, 1.165) is 16.9 Å². The molecule has 0 fully saturated rings. The molecule has 3 nitrogen and oxygen atoms in total. The summed E-state index contributed by atoms with van der Waals surface area (Å²) in [7, 11) is 0. The fourth-order valence-corrected chi connectivity index (χ4v) is 2.45. The van der Waals surface area contributed by atoms with Crippen LogP contribution < -0.4 is 11.3 Å². The van der Waals surface area contributed by atoms with Gasteiger partial charge >= 0.3 is 0 Å². The summed E-state index contributed by atoms with van der Waals surface area (Å²) in [6.07, 6.45) is 10.3. The minimum atomic E-state index is 0.131. The van der Waals surface area contributed by atoms with Gasteiger partial charge in [-0.25, -0.2) is 5.43 Å². The molecule has 1 aromatic rings. The Morgan fingerprint density at radius 3 is 2.39 bits per heavy atom. The summed E-state index contributed by atoms with van der Waals surface area (Å²) in [5.41, 5.74) is 2.83. The SMILES string of the molecule is CCCCCCCCCC(NN)c1ccc(Br)o1. The predicted octanol–water partition coefficient (Wildman–Crippen LogP) is 4.69. The molecule has 0 amide bonds. The molecule has 1 unspecified atom stereocenters. The Balaban J connectivity index is 2.13. The second-order valence-corrected chi connectivity index (χ2v) is 5.55. The van der Waals surface area contributed by atoms with E-state index in [4.69, 9.17) is 10.3 Å². The predicted molar refractivity (Wildman–Crippen MR) is 79.1 cm³/mol. The first kappa shape index (κ1) is 15.7. The first-order valence-corrected chi connectivity index (χ1v) is 7.78. The molecule has 1 atom stereocenters. The van der Waals surface area contributed by atoms with Gasteiger partial charge < -0.3 is 4.42 Å². The maximum absolute atomic E-state index is 5.57. The first-order chi connectivity index (χ1) is 8.77. The number of nitrogens with two attached hydrogens (primary N) is 1. The lowest BCUT2D eigenvalue weighted by Crippen LogP contribution is -2.27. The number of hydrogen-bond donors (Lipinski definition) is 2. The maximum Gasteiger partial charge on any atom is 0.169 e. The lowest BCUT2D eigenvalue weighted by Gasteiger charge is -2.12. The monoisotopic (exact) mass is 316 g/mol. The highest BCUT2D eigenvalue weighted by atomic mass is 79.9. The molecule has 104 valence electrons. The number of unbranched alkanes of at least 4 members (excludes halogenated alkanes) is 6. The molecule has 0 radical (unpaired) electrons. The Kier molecular flexibility index (Phi) is 8.38. The van der Waals surface area contributed by atoms with Crippen LogP contribution in [-0.4, -0.2) is 0 Å². The van der Waals surface area contributed by atoms with Crippen LogP contribution in [0.25, 0.3) is 0 Å². The molecule has 1 aromatic heterocycles. The van der Waals surface area contributed by atoms with Crippen LogP contribution >= 0.6 is 15.9 Å². The zero-order chi connectivity index (χ0) is 13.2. The lowest BCUT2D eigenvalue weighted by molar-refractivity contribution is 0.380. The average molecular weight is 317 g/mol. The number of hydrogen-bond acceptors (Lipinski definition) is 3. The molecule has 0 saturated carbocycles. The van der Waals surface area contributed by atoms with Crippen LogP contribution in [0.2, 0.25) is 0 Å². The second-order valence-electron chi connectivity index (χ2n) is 4.77. The normalized spacial score (nSPS) is 12.8. The van der Waals surface area contributed by atoms with E-state index in [1.54, 1.807) is 0 Å². The van der Waals surface area contributed by atoms with E-state index in [0.29, 0.717) is 0 Å². The van der Waals surface area contributed by atoms with Gasteiger partial charge in [0, 0.05) is 0 Å². The summed E-state index contributed by atoms with van der Waals surface area (Å²) in [5, 5.41) is 0. The van der Waals surface area contributed by atoms with Gasteiger partial charge in [0.2, 0.25) is 0 Å². The Labute approximate surface area is 119 Å². The smallest absolute Gasteiger partial charge is 0.169 e. The van der Waals surface area contributed by atoms with Crippen molar-refractivity contribution in [3.8, 4) is 0 Å². The van der Waals surface area contributed by atoms with Gasteiger partial charge in [-0.1, -0.05) is 51.9 Å². The largest absolute Gasteiger partial charge is 0.453 e. The number of nitrogens with one attached hydrogen (secondary N) is 1. The van der Waals surface area contributed by atoms with Crippen molar-refractivity contribution >= 4 is 15.9 Å². The van der Waals surface area contributed by atoms with Crippen LogP contribution in [0.1, 0.15) is 70.1 Å². The lowest BCUT2D eigenvalue weighted by atomic mass is 10.0. The number of hydrazine groups is 1. The van der Waals surface area contributed by atoms with Crippen molar-refractivity contribution in [2.45, 2.75) is 64.3 Å². The molecule has 1 heterocycles. The van der Waals surface area contributed by atoms with Crippen molar-refractivity contribution < 1.29 is 4.42 Å². The summed E-state index contributed by atoms with van der Waals surface area (Å²) < 4.78 is 6.28. The van der Waals surface area contributed by atoms with Crippen LogP contribution in [0, 0.1) is 0 Å². The highest BCUT2D eigenvalue weighted by Gasteiger charge is 2.12. The Bertz CT molecular complexity index is 314. The van der Waals surface area contributed by atoms with Gasteiger partial charge in [-0.15, -0.1) is 0 Å². The highest BCUT2D eigenvalue weighted by Crippen LogP contribution is 2.24. The van der Waals surface area contributed by atoms with Gasteiger partial charge in [0.1, 0.15) is 5.76 Å². The molecule has 0 aliphatic rings. The summed E-state index contributed by atoms with van der Waals surface area (Å²) in [4.78, 5) is 0. The Hall–Kier alpha value is -0.320. The Morgan fingerprint density at radius 2 is 1.83 bits per heavy atom. The van der Waals surface area contributed by atoms with Gasteiger partial charge in [-0.2, -0.15) is 0 Å². The third-order valence-electron chi connectivity index (χ3n) is 3.23. The molecule has 0 aliphatic heterocycles. The van der Waals surface area contributed by atoms with Crippen LogP contribution in [-0.2, 0) is 0 Å². The molecule has 18 heavy (non-hydrogen) atoms. The van der Waals surface area contributed by atoms with Gasteiger partial charge in [0.05, 0.1) is 6.04 Å². The van der Waals surface area contributed by atoms with E-state index < -0.39 is 0 Å². The van der Waals surface area contributed by atoms with Crippen LogP contribution in [0.15, 0.2) is 21.2 Å². The van der Waals surface area contributed by atoms with E-state index in [-0.39, 0.29) is 6.04 Å². The van der Waals surface area contributed by atoms with Crippen molar-refractivity contribution in [2.24, 2.45) is 5.84 Å². The van der Waals surface area contributed by atoms with Crippen molar-refractivity contribution in [3.05, 3.63) is 22.6 Å². The third kappa shape index (κ3) is 6.03. The van der Waals surface area contributed by atoms with Crippen LogP contribution in [0.3, 0.4) is 0 Å². The minimum Gasteiger partial charge on any atom is -0.453 e. The van der Waals surface area contributed by atoms with E-state index in [1.807, 2.05) is 12.1 Å². The topological polar surface area (TPSA) is 51.2 Å². The van der Waals surface area contributed by atoms with E-state index in [1.165, 1.54) is 44.9 Å². The number of halogens is 1. The highest BCUT2D eigenvalue weighted by molar-refractivity contribution is 9.10. The molecule has 0 aromatic carbocycles. The van der Waals surface area contributed by atoms with Crippen molar-refractivity contribution in [1.82, 2.24) is 5.43 Å². The summed E-state index contributed by atoms with van der Waals surface area (Å²) in [6.45, 7) is 2.25. The molecule has 0 saturated heterocycles. The zero-order valence-electron chi connectivity index (χ0n) is 11.3. The van der Waals surface area contributed by atoms with E-state index in [2.05, 4.69) is 28.3 Å². The molecule has 0 spiro atoms. The van der Waals surface area contributed by atoms with Gasteiger partial charge in [-0.3, -0.25) is 5.84 Å². The molecule has 3 N–H and O–H groups in total. The van der Waals surface area contributed by atoms with Crippen molar-refractivity contribution in [1.29, 1.82) is 0 Å². The van der Waals surface area contributed by atoms with E-state index >= 15 is 0 Å². The second kappa shape index (κ2) is 9.59. The number of rotatable bonds is 10. The summed E-state index contributed by atoms with van der Waals surface area (Å²) in [5.74, 6) is 6.48. The summed E-state index contributed by atoms with van der Waals surface area (Å²) >= 11 is 3.31. The van der Waals surface area contributed by atoms with E-state index in [9.17, 15) is 0 Å². The third-order valence-corrected chi connectivity index (χ3v) is 3.66. The van der Waals surface area contributed by atoms with Crippen molar-refractivity contribution in [2.75, 3.05) is 0 Å². The minimum absolute atomic E-state index is 0.131. The van der Waals surface area contributed by atoms with Crippen LogP contribution in [0.4, 0.5) is 0 Å². The fourth-order valence-electron chi connectivity index (χ4n) is 2.13. The Morgan fingerprint density at radius 1 is 1.17 bits per heavy atom. The molecular weight excluding hydrogens is 292 g/mol. The fraction of sp³-hybridized carbons (Fsp3) is 0.714. The quantitative estimate of drug-likeness (QED) is 0.374. The maximum atomic E-state index is 5.57. The van der Waals surface area contributed by atoms with Gasteiger partial charge in [0.25, 0.3) is 0 Å². The molecule has 0 bridgehead atoms. The van der Waals surface area contributed by atoms with Gasteiger partial charge in [0.15, 0.2) is 4.67 Å². The molecule has 4 heteroatoms. The zero-order valence-corrected chi connectivity index (χ0v) is 12.8. The van der Waals surface area contributed by atoms with Crippen LogP contribution in [0.5, 0.6) is 0 Å². The molecule has 1 rings (SSSR count). The molecular formula is C14H25BrN2O. The molecule has 0 aliphatic carbocycles. The standard InChI is InChI=1S/C14H25BrN2O/c1-2-3-4-5-6-7-8-9-12(17-16)13-10-11-14(15)18-13/h10-12,17H,2-9,16H2,1H3. The first-order valence-electron chi connectivity index (χ1n) is 6.99. The van der Waals surface area contributed by atoms with Crippen molar-refractivity contribution in [3.63, 3.8) is 0 Å². The number of furan rings is 1. The summed E-state index contributed by atoms with van der Waals surface area (Å²) in [6, 6.07) is 4.01. The average Bonchev–Trinajstić information content (AvgIpc) is 2.79.